The lowest BCUT2D eigenvalue weighted by Gasteiger charge is -2.13. The number of pyridine rings is 1. The minimum atomic E-state index is 0.647. The second-order valence-corrected chi connectivity index (χ2v) is 10.4. The quantitative estimate of drug-likeness (QED) is 0.214. The summed E-state index contributed by atoms with van der Waals surface area (Å²) in [4.78, 5) is 19.7. The molecule has 0 radical (unpaired) electrons. The first-order chi connectivity index (χ1) is 21.3. The molecular weight excluding hydrogens is 526 g/mol. The second-order valence-electron chi connectivity index (χ2n) is 10.4. The molecule has 8 rings (SSSR count). The Balaban J connectivity index is 1.28. The third kappa shape index (κ3) is 4.63. The highest BCUT2D eigenvalue weighted by Gasteiger charge is 2.16. The maximum Gasteiger partial charge on any atom is 0.164 e. The number of rotatable bonds is 5. The van der Waals surface area contributed by atoms with Gasteiger partial charge in [-0.2, -0.15) is 0 Å². The molecule has 43 heavy (non-hydrogen) atoms. The summed E-state index contributed by atoms with van der Waals surface area (Å²) in [6.45, 7) is 0. The fraction of sp³-hybridized carbons (Fsp3) is 0. The van der Waals surface area contributed by atoms with Crippen LogP contribution in [0.2, 0.25) is 0 Å². The van der Waals surface area contributed by atoms with Crippen LogP contribution < -0.4 is 0 Å². The van der Waals surface area contributed by atoms with Gasteiger partial charge in [-0.1, -0.05) is 115 Å². The van der Waals surface area contributed by atoms with Crippen LogP contribution in [0.4, 0.5) is 0 Å². The lowest BCUT2D eigenvalue weighted by atomic mass is 9.93. The van der Waals surface area contributed by atoms with Crippen molar-refractivity contribution in [2.45, 2.75) is 0 Å². The molecule has 0 amide bonds. The van der Waals surface area contributed by atoms with Crippen molar-refractivity contribution in [2.24, 2.45) is 0 Å². The number of benzene rings is 5. The Morgan fingerprint density at radius 3 is 1.65 bits per heavy atom. The topological polar surface area (TPSA) is 56.0 Å². The van der Waals surface area contributed by atoms with E-state index >= 15 is 0 Å². The molecule has 0 fully saturated rings. The normalized spacial score (nSPS) is 11.3. The van der Waals surface area contributed by atoms with Crippen molar-refractivity contribution in [2.75, 3.05) is 0 Å². The molecule has 0 aliphatic carbocycles. The molecule has 5 heteroatoms. The van der Waals surface area contributed by atoms with Gasteiger partial charge in [0.05, 0.1) is 5.69 Å². The number of aromatic nitrogens is 5. The molecule has 0 saturated heterocycles. The Hall–Kier alpha value is -5.94. The van der Waals surface area contributed by atoms with Crippen LogP contribution in [0, 0.1) is 0 Å². The maximum atomic E-state index is 4.99. The number of fused-ring (bicyclic) bond motifs is 2. The molecule has 0 saturated carbocycles. The smallest absolute Gasteiger partial charge is 0.164 e. The number of imidazole rings is 1. The van der Waals surface area contributed by atoms with Gasteiger partial charge in [0.15, 0.2) is 17.5 Å². The van der Waals surface area contributed by atoms with Gasteiger partial charge in [-0.25, -0.2) is 19.9 Å². The molecule has 0 aliphatic rings. The van der Waals surface area contributed by atoms with Gasteiger partial charge in [-0.15, -0.1) is 0 Å². The molecule has 0 aliphatic heterocycles. The second kappa shape index (κ2) is 10.5. The monoisotopic (exact) mass is 551 g/mol. The van der Waals surface area contributed by atoms with E-state index in [0.29, 0.717) is 17.5 Å². The minimum Gasteiger partial charge on any atom is -0.306 e. The van der Waals surface area contributed by atoms with Gasteiger partial charge in [0, 0.05) is 34.6 Å². The Kier molecular flexibility index (Phi) is 6.05. The third-order valence-electron chi connectivity index (χ3n) is 7.70. The summed E-state index contributed by atoms with van der Waals surface area (Å²) in [5, 5.41) is 2.22. The number of nitrogens with zero attached hydrogens (tertiary/aromatic N) is 5. The van der Waals surface area contributed by atoms with Crippen LogP contribution in [-0.2, 0) is 0 Å². The van der Waals surface area contributed by atoms with E-state index in [1.807, 2.05) is 89.5 Å². The van der Waals surface area contributed by atoms with Crippen LogP contribution in [0.5, 0.6) is 0 Å². The number of hydrogen-bond donors (Lipinski definition) is 0. The van der Waals surface area contributed by atoms with Crippen molar-refractivity contribution >= 4 is 16.4 Å². The first-order valence-electron chi connectivity index (χ1n) is 14.2. The Bertz CT molecular complexity index is 2150. The Morgan fingerprint density at radius 1 is 0.395 bits per heavy atom. The average Bonchev–Trinajstić information content (AvgIpc) is 3.53. The predicted molar refractivity (Wildman–Crippen MR) is 173 cm³/mol. The van der Waals surface area contributed by atoms with Gasteiger partial charge >= 0.3 is 0 Å². The highest BCUT2D eigenvalue weighted by atomic mass is 15.0. The van der Waals surface area contributed by atoms with E-state index in [1.165, 1.54) is 0 Å². The third-order valence-corrected chi connectivity index (χ3v) is 7.70. The van der Waals surface area contributed by atoms with Crippen LogP contribution >= 0.6 is 0 Å². The van der Waals surface area contributed by atoms with Crippen LogP contribution in [-0.4, -0.2) is 24.3 Å². The zero-order chi connectivity index (χ0) is 28.6. The first-order valence-corrected chi connectivity index (χ1v) is 14.2. The summed E-state index contributed by atoms with van der Waals surface area (Å²) in [6.07, 6.45) is 4.10. The van der Waals surface area contributed by atoms with Crippen molar-refractivity contribution < 1.29 is 0 Å². The highest BCUT2D eigenvalue weighted by molar-refractivity contribution is 6.04. The van der Waals surface area contributed by atoms with Crippen molar-refractivity contribution in [3.8, 4) is 56.5 Å². The first kappa shape index (κ1) is 24.8. The summed E-state index contributed by atoms with van der Waals surface area (Å²) in [6, 6.07) is 47.6. The lowest BCUT2D eigenvalue weighted by molar-refractivity contribution is 1.08. The van der Waals surface area contributed by atoms with E-state index in [2.05, 4.69) is 66.9 Å². The summed E-state index contributed by atoms with van der Waals surface area (Å²) in [5.74, 6) is 1.95. The number of hydrogen-bond acceptors (Lipinski definition) is 4. The van der Waals surface area contributed by atoms with Gasteiger partial charge in [0.1, 0.15) is 5.65 Å². The van der Waals surface area contributed by atoms with Crippen LogP contribution in [0.15, 0.2) is 152 Å². The molecule has 202 valence electrons. The van der Waals surface area contributed by atoms with Crippen molar-refractivity contribution in [3.63, 3.8) is 0 Å². The molecule has 3 heterocycles. The summed E-state index contributed by atoms with van der Waals surface area (Å²) in [7, 11) is 0. The molecule has 5 aromatic carbocycles. The Labute approximate surface area is 248 Å². The summed E-state index contributed by atoms with van der Waals surface area (Å²) < 4.78 is 2.05. The van der Waals surface area contributed by atoms with E-state index in [1.54, 1.807) is 0 Å². The van der Waals surface area contributed by atoms with Gasteiger partial charge in [0.2, 0.25) is 0 Å². The van der Waals surface area contributed by atoms with E-state index in [4.69, 9.17) is 19.9 Å². The van der Waals surface area contributed by atoms with E-state index in [-0.39, 0.29) is 0 Å². The molecule has 0 bridgehead atoms. The largest absolute Gasteiger partial charge is 0.306 e. The Morgan fingerprint density at radius 2 is 0.953 bits per heavy atom. The summed E-state index contributed by atoms with van der Waals surface area (Å²) >= 11 is 0. The highest BCUT2D eigenvalue weighted by Crippen LogP contribution is 2.37. The predicted octanol–water partition coefficient (Wildman–Crippen LogP) is 9.01. The van der Waals surface area contributed by atoms with E-state index in [0.717, 1.165) is 55.5 Å². The van der Waals surface area contributed by atoms with Gasteiger partial charge < -0.3 is 4.40 Å². The van der Waals surface area contributed by atoms with Crippen molar-refractivity contribution in [1.29, 1.82) is 0 Å². The molecule has 0 atom stereocenters. The van der Waals surface area contributed by atoms with Crippen LogP contribution in [0.25, 0.3) is 73.0 Å². The fourth-order valence-corrected chi connectivity index (χ4v) is 5.59. The van der Waals surface area contributed by atoms with Gasteiger partial charge in [-0.05, 0) is 46.2 Å². The van der Waals surface area contributed by atoms with Crippen LogP contribution in [0.1, 0.15) is 0 Å². The molecule has 3 aromatic heterocycles. The molecule has 0 unspecified atom stereocenters. The lowest BCUT2D eigenvalue weighted by Crippen LogP contribution is -2.00. The van der Waals surface area contributed by atoms with Crippen molar-refractivity contribution in [3.05, 3.63) is 152 Å². The SMILES string of the molecule is c1ccc(-c2nc(-c3ccccc3)nc(-c3ccc(-c4cccc(-c5cn6ccccc6n5)c4)c4ccccc34)n2)cc1. The zero-order valence-corrected chi connectivity index (χ0v) is 23.2. The van der Waals surface area contributed by atoms with E-state index in [9.17, 15) is 0 Å². The average molecular weight is 552 g/mol. The molecule has 0 spiro atoms. The minimum absolute atomic E-state index is 0.647. The van der Waals surface area contributed by atoms with Gasteiger partial charge in [-0.3, -0.25) is 0 Å². The van der Waals surface area contributed by atoms with Gasteiger partial charge in [0.25, 0.3) is 0 Å². The van der Waals surface area contributed by atoms with Crippen LogP contribution in [0.3, 0.4) is 0 Å². The summed E-state index contributed by atoms with van der Waals surface area (Å²) in [5.41, 5.74) is 8.09. The maximum absolute atomic E-state index is 4.99. The standard InChI is InChI=1S/C38H25N5/c1-3-12-26(13-4-1)36-40-37(27-14-5-2-6-15-27)42-38(41-36)33-22-21-30(31-18-7-8-19-32(31)33)28-16-11-17-29(24-28)34-25-43-23-10-9-20-35(43)39-34/h1-25H. The molecule has 5 nitrogen and oxygen atoms in total. The molecule has 0 N–H and O–H groups in total. The molecule has 8 aromatic rings. The van der Waals surface area contributed by atoms with Crippen molar-refractivity contribution in [1.82, 2.24) is 24.3 Å². The molecular formula is C38H25N5. The van der Waals surface area contributed by atoms with E-state index < -0.39 is 0 Å². The zero-order valence-electron chi connectivity index (χ0n) is 23.2. The fourth-order valence-electron chi connectivity index (χ4n) is 5.59.